The van der Waals surface area contributed by atoms with Crippen LogP contribution in [0.1, 0.15) is 26.7 Å². The number of ether oxygens (including phenoxy) is 1. The van der Waals surface area contributed by atoms with Gasteiger partial charge in [0.25, 0.3) is 0 Å². The second kappa shape index (κ2) is 7.47. The second-order valence-electron chi connectivity index (χ2n) is 4.35. The molecule has 0 saturated carbocycles. The first kappa shape index (κ1) is 16.7. The van der Waals surface area contributed by atoms with Gasteiger partial charge in [0, 0.05) is 13.1 Å². The molecule has 7 heteroatoms. The van der Waals surface area contributed by atoms with Crippen LogP contribution in [0.3, 0.4) is 0 Å². The summed E-state index contributed by atoms with van der Waals surface area (Å²) in [5.74, 6) is 0.391. The summed E-state index contributed by atoms with van der Waals surface area (Å²) in [4.78, 5) is 0. The van der Waals surface area contributed by atoms with E-state index in [1.807, 2.05) is 13.8 Å². The molecule has 1 N–H and O–H groups in total. The number of rotatable bonds is 8. The van der Waals surface area contributed by atoms with Crippen LogP contribution in [0.15, 0.2) is 24.3 Å². The Morgan fingerprint density at radius 2 is 1.70 bits per heavy atom. The molecular weight excluding hydrogens is 280 g/mol. The smallest absolute Gasteiger partial charge is 0.374 e. The van der Waals surface area contributed by atoms with Crippen molar-refractivity contribution in [2.75, 3.05) is 24.6 Å². The standard InChI is InChI=1S/C13H22N2O4S/c1-4-10-14(11-5-2)15(20(16,17)18)12-8-6-7-9-13(12)19-3/h6-9H,4-5,10-11H2,1-3H3,(H,16,17,18). The summed E-state index contributed by atoms with van der Waals surface area (Å²) in [6, 6.07) is 6.70. The highest BCUT2D eigenvalue weighted by molar-refractivity contribution is 7.87. The monoisotopic (exact) mass is 302 g/mol. The fourth-order valence-corrected chi connectivity index (χ4v) is 2.87. The highest BCUT2D eigenvalue weighted by atomic mass is 32.2. The van der Waals surface area contributed by atoms with Gasteiger partial charge in [-0.1, -0.05) is 26.0 Å². The van der Waals surface area contributed by atoms with Gasteiger partial charge in [-0.15, -0.1) is 0 Å². The van der Waals surface area contributed by atoms with Crippen molar-refractivity contribution in [3.05, 3.63) is 24.3 Å². The molecule has 0 saturated heterocycles. The van der Waals surface area contributed by atoms with E-state index in [1.165, 1.54) is 7.11 Å². The quantitative estimate of drug-likeness (QED) is 0.589. The largest absolute Gasteiger partial charge is 0.494 e. The van der Waals surface area contributed by atoms with Gasteiger partial charge in [0.05, 0.1) is 7.11 Å². The molecule has 1 aromatic carbocycles. The van der Waals surface area contributed by atoms with Crippen molar-refractivity contribution < 1.29 is 17.7 Å². The third kappa shape index (κ3) is 4.09. The summed E-state index contributed by atoms with van der Waals surface area (Å²) in [5.41, 5.74) is 0.305. The molecule has 0 radical (unpaired) electrons. The Balaban J connectivity index is 3.31. The molecule has 0 aliphatic heterocycles. The Morgan fingerprint density at radius 1 is 1.15 bits per heavy atom. The molecule has 0 unspecified atom stereocenters. The average Bonchev–Trinajstić information content (AvgIpc) is 2.38. The van der Waals surface area contributed by atoms with E-state index in [9.17, 15) is 13.0 Å². The first-order valence-electron chi connectivity index (χ1n) is 6.61. The minimum absolute atomic E-state index is 0.305. The molecule has 1 aromatic rings. The maximum absolute atomic E-state index is 11.8. The molecule has 0 amide bonds. The number of hydrazine groups is 1. The summed E-state index contributed by atoms with van der Waals surface area (Å²) >= 11 is 0. The van der Waals surface area contributed by atoms with Crippen molar-refractivity contribution in [3.8, 4) is 5.75 Å². The van der Waals surface area contributed by atoms with Crippen LogP contribution in [0, 0.1) is 0 Å². The zero-order valence-corrected chi connectivity index (χ0v) is 12.9. The van der Waals surface area contributed by atoms with Gasteiger partial charge in [-0.25, -0.2) is 5.01 Å². The van der Waals surface area contributed by atoms with Crippen LogP contribution in [0.4, 0.5) is 5.69 Å². The zero-order chi connectivity index (χ0) is 15.2. The van der Waals surface area contributed by atoms with Gasteiger partial charge in [0.2, 0.25) is 0 Å². The van der Waals surface area contributed by atoms with Crippen molar-refractivity contribution in [2.24, 2.45) is 0 Å². The maximum Gasteiger partial charge on any atom is 0.374 e. The molecule has 0 aliphatic rings. The predicted octanol–water partition coefficient (Wildman–Crippen LogP) is 2.34. The number of nitrogens with zero attached hydrogens (tertiary/aromatic N) is 2. The van der Waals surface area contributed by atoms with E-state index in [0.29, 0.717) is 24.5 Å². The Hall–Kier alpha value is -1.31. The minimum atomic E-state index is -4.41. The van der Waals surface area contributed by atoms with Gasteiger partial charge in [0.1, 0.15) is 11.4 Å². The third-order valence-electron chi connectivity index (χ3n) is 2.73. The lowest BCUT2D eigenvalue weighted by Crippen LogP contribution is -2.47. The summed E-state index contributed by atoms with van der Waals surface area (Å²) < 4.78 is 39.2. The molecule has 0 aliphatic carbocycles. The maximum atomic E-state index is 11.8. The first-order valence-corrected chi connectivity index (χ1v) is 8.01. The lowest BCUT2D eigenvalue weighted by molar-refractivity contribution is 0.275. The summed E-state index contributed by atoms with van der Waals surface area (Å²) in [6.45, 7) is 4.94. The van der Waals surface area contributed by atoms with Crippen LogP contribution >= 0.6 is 0 Å². The van der Waals surface area contributed by atoms with Gasteiger partial charge in [-0.2, -0.15) is 12.8 Å². The second-order valence-corrected chi connectivity index (χ2v) is 5.59. The van der Waals surface area contributed by atoms with Crippen LogP contribution < -0.4 is 9.15 Å². The van der Waals surface area contributed by atoms with Crippen LogP contribution in [0.5, 0.6) is 5.75 Å². The lowest BCUT2D eigenvalue weighted by atomic mass is 10.3. The van der Waals surface area contributed by atoms with E-state index in [1.54, 1.807) is 29.3 Å². The van der Waals surface area contributed by atoms with E-state index in [4.69, 9.17) is 4.74 Å². The molecule has 0 fully saturated rings. The normalized spacial score (nSPS) is 11.7. The summed E-state index contributed by atoms with van der Waals surface area (Å²) in [5, 5.41) is 1.60. The van der Waals surface area contributed by atoms with Crippen molar-refractivity contribution in [2.45, 2.75) is 26.7 Å². The van der Waals surface area contributed by atoms with Gasteiger partial charge >= 0.3 is 10.3 Å². The molecule has 20 heavy (non-hydrogen) atoms. The molecular formula is C13H22N2O4S. The number of para-hydroxylation sites is 2. The zero-order valence-electron chi connectivity index (χ0n) is 12.1. The molecule has 0 heterocycles. The Morgan fingerprint density at radius 3 is 2.15 bits per heavy atom. The van der Waals surface area contributed by atoms with E-state index in [0.717, 1.165) is 17.3 Å². The number of methoxy groups -OCH3 is 1. The Labute approximate surface area is 120 Å². The fraction of sp³-hybridized carbons (Fsp3) is 0.538. The number of benzene rings is 1. The number of hydrogen-bond donors (Lipinski definition) is 1. The van der Waals surface area contributed by atoms with Crippen molar-refractivity contribution in [1.29, 1.82) is 0 Å². The molecule has 1 rings (SSSR count). The number of anilines is 1. The topological polar surface area (TPSA) is 70.1 Å². The van der Waals surface area contributed by atoms with Gasteiger partial charge < -0.3 is 4.74 Å². The average molecular weight is 302 g/mol. The van der Waals surface area contributed by atoms with E-state index >= 15 is 0 Å². The van der Waals surface area contributed by atoms with Crippen molar-refractivity contribution in [1.82, 2.24) is 5.01 Å². The lowest BCUT2D eigenvalue weighted by Gasteiger charge is -2.33. The van der Waals surface area contributed by atoms with Crippen LogP contribution in [0.25, 0.3) is 0 Å². The SMILES string of the molecule is CCCN(CCC)N(c1ccccc1OC)S(=O)(=O)O. The Bertz CT molecular complexity index is 513. The molecule has 6 nitrogen and oxygen atoms in total. The van der Waals surface area contributed by atoms with Gasteiger partial charge in [-0.3, -0.25) is 4.55 Å². The van der Waals surface area contributed by atoms with E-state index < -0.39 is 10.3 Å². The highest BCUT2D eigenvalue weighted by Crippen LogP contribution is 2.30. The van der Waals surface area contributed by atoms with Gasteiger partial charge in [-0.05, 0) is 25.0 Å². The number of hydrogen-bond acceptors (Lipinski definition) is 4. The summed E-state index contributed by atoms with van der Waals surface area (Å²) in [6.07, 6.45) is 1.53. The van der Waals surface area contributed by atoms with Crippen molar-refractivity contribution in [3.63, 3.8) is 0 Å². The molecule has 0 bridgehead atoms. The van der Waals surface area contributed by atoms with Crippen LogP contribution in [-0.4, -0.2) is 38.2 Å². The molecule has 0 spiro atoms. The van der Waals surface area contributed by atoms with Crippen molar-refractivity contribution >= 4 is 16.0 Å². The Kier molecular flexibility index (Phi) is 6.25. The molecule has 114 valence electrons. The van der Waals surface area contributed by atoms with Gasteiger partial charge in [0.15, 0.2) is 0 Å². The van der Waals surface area contributed by atoms with E-state index in [-0.39, 0.29) is 0 Å². The summed E-state index contributed by atoms with van der Waals surface area (Å²) in [7, 11) is -2.95. The predicted molar refractivity (Wildman–Crippen MR) is 79.2 cm³/mol. The molecule has 0 atom stereocenters. The first-order chi connectivity index (χ1) is 9.45. The highest BCUT2D eigenvalue weighted by Gasteiger charge is 2.28. The van der Waals surface area contributed by atoms with Crippen LogP contribution in [0.2, 0.25) is 0 Å². The minimum Gasteiger partial charge on any atom is -0.494 e. The fourth-order valence-electron chi connectivity index (χ4n) is 2.02. The van der Waals surface area contributed by atoms with Crippen LogP contribution in [-0.2, 0) is 10.3 Å². The van der Waals surface area contributed by atoms with E-state index in [2.05, 4.69) is 0 Å². The third-order valence-corrected chi connectivity index (χ3v) is 3.59. The molecule has 0 aromatic heterocycles.